The Kier molecular flexibility index (Phi) is 3.10. The number of hydrogen-bond donors (Lipinski definition) is 1. The molecule has 3 rings (SSSR count). The quantitative estimate of drug-likeness (QED) is 0.911. The molecule has 4 nitrogen and oxygen atoms in total. The van der Waals surface area contributed by atoms with Crippen molar-refractivity contribution in [3.05, 3.63) is 40.2 Å². The molecule has 0 saturated heterocycles. The van der Waals surface area contributed by atoms with Gasteiger partial charge in [0.1, 0.15) is 11.1 Å². The van der Waals surface area contributed by atoms with E-state index in [1.807, 2.05) is 0 Å². The molecular weight excluding hydrogens is 260 g/mol. The van der Waals surface area contributed by atoms with Gasteiger partial charge in [0.2, 0.25) is 0 Å². The Morgan fingerprint density at radius 1 is 1.42 bits per heavy atom. The highest BCUT2D eigenvalue weighted by atomic mass is 32.1. The molecule has 19 heavy (non-hydrogen) atoms. The van der Waals surface area contributed by atoms with Gasteiger partial charge in [0.25, 0.3) is 5.91 Å². The average molecular weight is 272 g/mol. The van der Waals surface area contributed by atoms with E-state index in [-0.39, 0.29) is 11.7 Å². The number of thiophene rings is 1. The standard InChI is InChI=1S/C14H12N2O2S/c15-8-10-9-4-1-2-6-12(9)19-14(10)16-13(17)11-5-3-7-18-11/h3,5,7H,1-2,4,6H2,(H,16,17). The lowest BCUT2D eigenvalue weighted by molar-refractivity contribution is 0.0997. The molecule has 0 unspecified atom stereocenters. The smallest absolute Gasteiger partial charge is 0.291 e. The monoisotopic (exact) mass is 272 g/mol. The van der Waals surface area contributed by atoms with Crippen LogP contribution in [0.15, 0.2) is 22.8 Å². The molecular formula is C14H12N2O2S. The van der Waals surface area contributed by atoms with E-state index in [1.165, 1.54) is 22.5 Å². The number of amides is 1. The zero-order chi connectivity index (χ0) is 13.2. The summed E-state index contributed by atoms with van der Waals surface area (Å²) in [6, 6.07) is 5.49. The highest BCUT2D eigenvalue weighted by molar-refractivity contribution is 7.16. The van der Waals surface area contributed by atoms with Gasteiger partial charge in [-0.1, -0.05) is 0 Å². The summed E-state index contributed by atoms with van der Waals surface area (Å²) in [5.74, 6) is -0.0460. The largest absolute Gasteiger partial charge is 0.459 e. The number of nitrogens with one attached hydrogen (secondary N) is 1. The Morgan fingerprint density at radius 3 is 3.00 bits per heavy atom. The normalized spacial score (nSPS) is 13.6. The van der Waals surface area contributed by atoms with E-state index in [0.29, 0.717) is 10.6 Å². The zero-order valence-corrected chi connectivity index (χ0v) is 11.0. The van der Waals surface area contributed by atoms with Crippen molar-refractivity contribution in [3.63, 3.8) is 0 Å². The van der Waals surface area contributed by atoms with Gasteiger partial charge >= 0.3 is 0 Å². The minimum Gasteiger partial charge on any atom is -0.459 e. The van der Waals surface area contributed by atoms with E-state index in [4.69, 9.17) is 4.42 Å². The average Bonchev–Trinajstić information content (AvgIpc) is 3.05. The third-order valence-corrected chi connectivity index (χ3v) is 4.46. The van der Waals surface area contributed by atoms with Crippen LogP contribution in [0.3, 0.4) is 0 Å². The number of rotatable bonds is 2. The fraction of sp³-hybridized carbons (Fsp3) is 0.286. The van der Waals surface area contributed by atoms with Crippen molar-refractivity contribution in [2.75, 3.05) is 5.32 Å². The fourth-order valence-electron chi connectivity index (χ4n) is 2.34. The van der Waals surface area contributed by atoms with E-state index < -0.39 is 0 Å². The molecule has 0 atom stereocenters. The SMILES string of the molecule is N#Cc1c(NC(=O)c2ccco2)sc2c1CCCC2. The number of fused-ring (bicyclic) bond motifs is 1. The highest BCUT2D eigenvalue weighted by Gasteiger charge is 2.22. The maximum Gasteiger partial charge on any atom is 0.291 e. The third-order valence-electron chi connectivity index (χ3n) is 3.26. The van der Waals surface area contributed by atoms with Crippen LogP contribution in [0.1, 0.15) is 39.4 Å². The van der Waals surface area contributed by atoms with Crippen LogP contribution in [0.5, 0.6) is 0 Å². The van der Waals surface area contributed by atoms with Gasteiger partial charge in [-0.15, -0.1) is 11.3 Å². The highest BCUT2D eigenvalue weighted by Crippen LogP contribution is 2.37. The van der Waals surface area contributed by atoms with Crippen LogP contribution in [-0.4, -0.2) is 5.91 Å². The summed E-state index contributed by atoms with van der Waals surface area (Å²) in [6.07, 6.45) is 5.67. The van der Waals surface area contributed by atoms with Crippen LogP contribution in [0.25, 0.3) is 0 Å². The van der Waals surface area contributed by atoms with Crippen molar-refractivity contribution >= 4 is 22.2 Å². The molecule has 0 spiro atoms. The second kappa shape index (κ2) is 4.90. The molecule has 5 heteroatoms. The van der Waals surface area contributed by atoms with Gasteiger partial charge in [0.05, 0.1) is 11.8 Å². The summed E-state index contributed by atoms with van der Waals surface area (Å²) in [6.45, 7) is 0. The van der Waals surface area contributed by atoms with Crippen LogP contribution in [0.2, 0.25) is 0 Å². The Labute approximate surface area is 114 Å². The number of hydrogen-bond acceptors (Lipinski definition) is 4. The second-order valence-electron chi connectivity index (χ2n) is 4.46. The lowest BCUT2D eigenvalue weighted by Crippen LogP contribution is -2.10. The summed E-state index contributed by atoms with van der Waals surface area (Å²) >= 11 is 1.52. The summed E-state index contributed by atoms with van der Waals surface area (Å²) in [4.78, 5) is 13.2. The molecule has 0 saturated carbocycles. The van der Waals surface area contributed by atoms with Crippen molar-refractivity contribution in [2.45, 2.75) is 25.7 Å². The van der Waals surface area contributed by atoms with Crippen molar-refractivity contribution in [2.24, 2.45) is 0 Å². The zero-order valence-electron chi connectivity index (χ0n) is 10.2. The Morgan fingerprint density at radius 2 is 2.26 bits per heavy atom. The van der Waals surface area contributed by atoms with Crippen LogP contribution < -0.4 is 5.32 Å². The molecule has 0 radical (unpaired) electrons. The summed E-state index contributed by atoms with van der Waals surface area (Å²) < 4.78 is 5.05. The molecule has 2 aromatic rings. The molecule has 1 aliphatic rings. The topological polar surface area (TPSA) is 66.0 Å². The molecule has 0 fully saturated rings. The van der Waals surface area contributed by atoms with Crippen LogP contribution in [0.4, 0.5) is 5.00 Å². The van der Waals surface area contributed by atoms with Crippen molar-refractivity contribution in [1.29, 1.82) is 5.26 Å². The van der Waals surface area contributed by atoms with E-state index in [9.17, 15) is 10.1 Å². The van der Waals surface area contributed by atoms with E-state index in [1.54, 1.807) is 12.1 Å². The van der Waals surface area contributed by atoms with Crippen molar-refractivity contribution < 1.29 is 9.21 Å². The van der Waals surface area contributed by atoms with Gasteiger partial charge in [-0.25, -0.2) is 0 Å². The maximum absolute atomic E-state index is 11.9. The maximum atomic E-state index is 11.9. The van der Waals surface area contributed by atoms with Gasteiger partial charge in [0.15, 0.2) is 5.76 Å². The first kappa shape index (κ1) is 12.0. The van der Waals surface area contributed by atoms with E-state index in [0.717, 1.165) is 31.2 Å². The molecule has 2 heterocycles. The Hall–Kier alpha value is -2.06. The lowest BCUT2D eigenvalue weighted by Gasteiger charge is -2.09. The molecule has 1 amide bonds. The first-order valence-corrected chi connectivity index (χ1v) is 7.00. The number of nitriles is 1. The number of anilines is 1. The van der Waals surface area contributed by atoms with Gasteiger partial charge in [-0.2, -0.15) is 5.26 Å². The molecule has 0 aliphatic heterocycles. The minimum absolute atomic E-state index is 0.260. The summed E-state index contributed by atoms with van der Waals surface area (Å²) in [7, 11) is 0. The number of nitrogens with zero attached hydrogens (tertiary/aromatic N) is 1. The number of carbonyl (C=O) groups excluding carboxylic acids is 1. The second-order valence-corrected chi connectivity index (χ2v) is 5.56. The molecule has 2 aromatic heterocycles. The van der Waals surface area contributed by atoms with Gasteiger partial charge in [-0.3, -0.25) is 4.79 Å². The van der Waals surface area contributed by atoms with E-state index in [2.05, 4.69) is 11.4 Å². The Bertz CT molecular complexity index is 650. The molecule has 1 N–H and O–H groups in total. The van der Waals surface area contributed by atoms with Crippen LogP contribution in [-0.2, 0) is 12.8 Å². The first-order valence-electron chi connectivity index (χ1n) is 6.19. The number of carbonyl (C=O) groups is 1. The predicted molar refractivity (Wildman–Crippen MR) is 72.3 cm³/mol. The Balaban J connectivity index is 1.91. The predicted octanol–water partition coefficient (Wildman–Crippen LogP) is 3.34. The van der Waals surface area contributed by atoms with Gasteiger partial charge in [-0.05, 0) is 43.4 Å². The molecule has 0 bridgehead atoms. The molecule has 96 valence electrons. The van der Waals surface area contributed by atoms with Gasteiger partial charge in [0, 0.05) is 4.88 Å². The van der Waals surface area contributed by atoms with Gasteiger partial charge < -0.3 is 9.73 Å². The summed E-state index contributed by atoms with van der Waals surface area (Å²) in [5, 5.41) is 12.7. The number of aryl methyl sites for hydroxylation is 1. The molecule has 0 aromatic carbocycles. The first-order chi connectivity index (χ1) is 9.29. The third kappa shape index (κ3) is 2.15. The van der Waals surface area contributed by atoms with Crippen molar-refractivity contribution in [3.8, 4) is 6.07 Å². The number of furan rings is 1. The summed E-state index contributed by atoms with van der Waals surface area (Å²) in [5.41, 5.74) is 1.74. The minimum atomic E-state index is -0.305. The fourth-order valence-corrected chi connectivity index (χ4v) is 3.58. The van der Waals surface area contributed by atoms with E-state index >= 15 is 0 Å². The van der Waals surface area contributed by atoms with Crippen molar-refractivity contribution in [1.82, 2.24) is 0 Å². The lowest BCUT2D eigenvalue weighted by atomic mass is 9.96. The van der Waals surface area contributed by atoms with Crippen LogP contribution in [0, 0.1) is 11.3 Å². The molecule has 1 aliphatic carbocycles. The van der Waals surface area contributed by atoms with Crippen LogP contribution >= 0.6 is 11.3 Å².